The van der Waals surface area contributed by atoms with Crippen molar-refractivity contribution in [2.24, 2.45) is 5.92 Å². The van der Waals surface area contributed by atoms with Gasteiger partial charge >= 0.3 is 0 Å². The summed E-state index contributed by atoms with van der Waals surface area (Å²) in [5, 5.41) is 13.5. The van der Waals surface area contributed by atoms with Crippen molar-refractivity contribution in [2.45, 2.75) is 76.5 Å². The van der Waals surface area contributed by atoms with Crippen molar-refractivity contribution >= 4 is 0 Å². The Kier molecular flexibility index (Phi) is 8.01. The van der Waals surface area contributed by atoms with E-state index in [2.05, 4.69) is 12.2 Å². The highest BCUT2D eigenvalue weighted by molar-refractivity contribution is 4.76. The van der Waals surface area contributed by atoms with Crippen molar-refractivity contribution in [3.8, 4) is 0 Å². The second kappa shape index (κ2) is 9.78. The minimum absolute atomic E-state index is 0.245. The van der Waals surface area contributed by atoms with Gasteiger partial charge in [-0.1, -0.05) is 25.7 Å². The first-order valence-electron chi connectivity index (χ1n) is 8.86. The van der Waals surface area contributed by atoms with E-state index >= 15 is 0 Å². The molecule has 4 nitrogen and oxygen atoms in total. The molecule has 3 atom stereocenters. The van der Waals surface area contributed by atoms with E-state index in [1.165, 1.54) is 38.5 Å². The monoisotopic (exact) mass is 299 g/mol. The third-order valence-electron chi connectivity index (χ3n) is 4.92. The van der Waals surface area contributed by atoms with Crippen molar-refractivity contribution in [1.29, 1.82) is 0 Å². The molecule has 2 rings (SSSR count). The maximum absolute atomic E-state index is 10.00. The number of aliphatic hydroxyl groups is 1. The summed E-state index contributed by atoms with van der Waals surface area (Å²) in [6.45, 7) is 4.77. The molecule has 124 valence electrons. The fourth-order valence-electron chi connectivity index (χ4n) is 3.47. The molecular formula is C17H33NO3. The fourth-order valence-corrected chi connectivity index (χ4v) is 3.47. The summed E-state index contributed by atoms with van der Waals surface area (Å²) in [6.07, 6.45) is 10.2. The van der Waals surface area contributed by atoms with Gasteiger partial charge in [0.05, 0.1) is 25.4 Å². The van der Waals surface area contributed by atoms with Crippen LogP contribution >= 0.6 is 0 Å². The number of hydrogen-bond donors (Lipinski definition) is 2. The predicted octanol–water partition coefficient (Wildman–Crippen LogP) is 2.49. The van der Waals surface area contributed by atoms with Gasteiger partial charge in [0.15, 0.2) is 0 Å². The van der Waals surface area contributed by atoms with Gasteiger partial charge in [-0.25, -0.2) is 0 Å². The molecule has 0 radical (unpaired) electrons. The Balaban J connectivity index is 1.53. The first-order chi connectivity index (χ1) is 10.3. The van der Waals surface area contributed by atoms with Crippen LogP contribution in [0.3, 0.4) is 0 Å². The standard InChI is InChI=1S/C17H33NO3/c1-14(15-7-4-2-3-5-8-15)18-11-16(19)12-20-13-17-9-6-10-21-17/h14-19H,2-13H2,1H3/t14-,16?,17?/m0/s1. The van der Waals surface area contributed by atoms with Gasteiger partial charge in [-0.3, -0.25) is 0 Å². The number of ether oxygens (including phenoxy) is 2. The van der Waals surface area contributed by atoms with Crippen molar-refractivity contribution in [2.75, 3.05) is 26.4 Å². The van der Waals surface area contributed by atoms with Crippen molar-refractivity contribution in [3.63, 3.8) is 0 Å². The summed E-state index contributed by atoms with van der Waals surface area (Å²) in [5.74, 6) is 0.771. The summed E-state index contributed by atoms with van der Waals surface area (Å²) in [4.78, 5) is 0. The third-order valence-corrected chi connectivity index (χ3v) is 4.92. The molecule has 2 N–H and O–H groups in total. The van der Waals surface area contributed by atoms with Crippen LogP contribution in [0.25, 0.3) is 0 Å². The molecule has 0 bridgehead atoms. The minimum atomic E-state index is -0.417. The van der Waals surface area contributed by atoms with Gasteiger partial charge in [0, 0.05) is 19.2 Å². The lowest BCUT2D eigenvalue weighted by Crippen LogP contribution is -2.40. The van der Waals surface area contributed by atoms with Gasteiger partial charge in [0.25, 0.3) is 0 Å². The Morgan fingerprint density at radius 3 is 2.57 bits per heavy atom. The third kappa shape index (κ3) is 6.64. The van der Waals surface area contributed by atoms with Crippen LogP contribution in [0.2, 0.25) is 0 Å². The molecule has 1 aliphatic carbocycles. The quantitative estimate of drug-likeness (QED) is 0.676. The molecule has 1 saturated heterocycles. The summed E-state index contributed by atoms with van der Waals surface area (Å²) in [5.41, 5.74) is 0. The molecule has 2 aliphatic rings. The molecule has 1 saturated carbocycles. The predicted molar refractivity (Wildman–Crippen MR) is 84.5 cm³/mol. The van der Waals surface area contributed by atoms with Gasteiger partial charge in [-0.15, -0.1) is 0 Å². The second-order valence-corrected chi connectivity index (χ2v) is 6.77. The Labute approximate surface area is 129 Å². The molecule has 4 heteroatoms. The van der Waals surface area contributed by atoms with Gasteiger partial charge in [-0.2, -0.15) is 0 Å². The highest BCUT2D eigenvalue weighted by atomic mass is 16.5. The van der Waals surface area contributed by atoms with E-state index in [-0.39, 0.29) is 6.10 Å². The molecule has 21 heavy (non-hydrogen) atoms. The largest absolute Gasteiger partial charge is 0.389 e. The van der Waals surface area contributed by atoms with E-state index in [0.29, 0.717) is 25.8 Å². The van der Waals surface area contributed by atoms with E-state index in [1.54, 1.807) is 0 Å². The van der Waals surface area contributed by atoms with E-state index in [0.717, 1.165) is 25.4 Å². The fraction of sp³-hybridized carbons (Fsp3) is 1.00. The molecule has 2 fully saturated rings. The van der Waals surface area contributed by atoms with Gasteiger partial charge in [0.2, 0.25) is 0 Å². The molecule has 0 aromatic carbocycles. The molecule has 1 aliphatic heterocycles. The maximum atomic E-state index is 10.00. The lowest BCUT2D eigenvalue weighted by Gasteiger charge is -2.25. The van der Waals surface area contributed by atoms with Crippen LogP contribution in [-0.2, 0) is 9.47 Å². The Hall–Kier alpha value is -0.160. The van der Waals surface area contributed by atoms with E-state index in [1.807, 2.05) is 0 Å². The number of aliphatic hydroxyl groups excluding tert-OH is 1. The topological polar surface area (TPSA) is 50.7 Å². The lowest BCUT2D eigenvalue weighted by molar-refractivity contribution is -0.0172. The maximum Gasteiger partial charge on any atom is 0.0897 e. The van der Waals surface area contributed by atoms with Gasteiger partial charge < -0.3 is 19.9 Å². The van der Waals surface area contributed by atoms with E-state index in [4.69, 9.17) is 9.47 Å². The summed E-state index contributed by atoms with van der Waals surface area (Å²) >= 11 is 0. The van der Waals surface area contributed by atoms with Crippen LogP contribution in [0, 0.1) is 5.92 Å². The SMILES string of the molecule is C[C@H](NCC(O)COCC1CCCO1)C1CCCCCC1. The number of nitrogens with one attached hydrogen (secondary N) is 1. The highest BCUT2D eigenvalue weighted by Gasteiger charge is 2.20. The van der Waals surface area contributed by atoms with Crippen LogP contribution in [-0.4, -0.2) is 49.7 Å². The van der Waals surface area contributed by atoms with Gasteiger partial charge in [-0.05, 0) is 38.5 Å². The van der Waals surface area contributed by atoms with Crippen LogP contribution in [0.5, 0.6) is 0 Å². The van der Waals surface area contributed by atoms with E-state index in [9.17, 15) is 5.11 Å². The lowest BCUT2D eigenvalue weighted by atomic mass is 9.93. The molecule has 1 heterocycles. The molecule has 0 amide bonds. The summed E-state index contributed by atoms with van der Waals surface area (Å²) in [6, 6.07) is 0.496. The normalized spacial score (nSPS) is 27.4. The number of rotatable bonds is 8. The van der Waals surface area contributed by atoms with Crippen molar-refractivity contribution in [1.82, 2.24) is 5.32 Å². The Bertz CT molecular complexity index is 261. The molecule has 0 spiro atoms. The van der Waals surface area contributed by atoms with Crippen molar-refractivity contribution < 1.29 is 14.6 Å². The van der Waals surface area contributed by atoms with Crippen molar-refractivity contribution in [3.05, 3.63) is 0 Å². The highest BCUT2D eigenvalue weighted by Crippen LogP contribution is 2.25. The summed E-state index contributed by atoms with van der Waals surface area (Å²) < 4.78 is 11.1. The Morgan fingerprint density at radius 2 is 1.90 bits per heavy atom. The van der Waals surface area contributed by atoms with Crippen LogP contribution in [0.4, 0.5) is 0 Å². The van der Waals surface area contributed by atoms with Gasteiger partial charge in [0.1, 0.15) is 0 Å². The second-order valence-electron chi connectivity index (χ2n) is 6.77. The summed E-state index contributed by atoms with van der Waals surface area (Å²) in [7, 11) is 0. The van der Waals surface area contributed by atoms with E-state index < -0.39 is 6.10 Å². The zero-order chi connectivity index (χ0) is 14.9. The van der Waals surface area contributed by atoms with Crippen LogP contribution in [0.1, 0.15) is 58.3 Å². The molecule has 2 unspecified atom stereocenters. The molecule has 0 aromatic rings. The molecular weight excluding hydrogens is 266 g/mol. The molecule has 0 aromatic heterocycles. The zero-order valence-electron chi connectivity index (χ0n) is 13.6. The first-order valence-corrected chi connectivity index (χ1v) is 8.86. The van der Waals surface area contributed by atoms with Crippen LogP contribution in [0.15, 0.2) is 0 Å². The Morgan fingerprint density at radius 1 is 1.14 bits per heavy atom. The average molecular weight is 299 g/mol. The van der Waals surface area contributed by atoms with Crippen LogP contribution < -0.4 is 5.32 Å². The number of hydrogen-bond acceptors (Lipinski definition) is 4. The zero-order valence-corrected chi connectivity index (χ0v) is 13.6. The smallest absolute Gasteiger partial charge is 0.0897 e. The minimum Gasteiger partial charge on any atom is -0.389 e. The first kappa shape index (κ1) is 17.2. The average Bonchev–Trinajstić information content (AvgIpc) is 2.85.